The van der Waals surface area contributed by atoms with Crippen LogP contribution in [0.25, 0.3) is 11.3 Å². The van der Waals surface area contributed by atoms with Gasteiger partial charge in [-0.05, 0) is 18.1 Å². The zero-order valence-electron chi connectivity index (χ0n) is 19.5. The van der Waals surface area contributed by atoms with Crippen molar-refractivity contribution >= 4 is 12.4 Å². The maximum Gasteiger partial charge on any atom is 0.230 e. The molecule has 32 heavy (non-hydrogen) atoms. The van der Waals surface area contributed by atoms with Gasteiger partial charge in [0, 0.05) is 37.2 Å². The molecule has 168 valence electrons. The van der Waals surface area contributed by atoms with E-state index in [4.69, 9.17) is 0 Å². The van der Waals surface area contributed by atoms with Gasteiger partial charge < -0.3 is 0 Å². The molecule has 4 rings (SSSR count). The van der Waals surface area contributed by atoms with E-state index in [1.165, 1.54) is 24.8 Å². The van der Waals surface area contributed by atoms with E-state index >= 15 is 0 Å². The second-order valence-electron chi connectivity index (χ2n) is 8.20. The van der Waals surface area contributed by atoms with Crippen molar-refractivity contribution < 1.29 is 4.79 Å². The van der Waals surface area contributed by atoms with E-state index in [9.17, 15) is 4.79 Å². The van der Waals surface area contributed by atoms with E-state index < -0.39 is 0 Å². The quantitative estimate of drug-likeness (QED) is 0.483. The topological polar surface area (TPSA) is 58.1 Å². The Morgan fingerprint density at radius 3 is 2.38 bits per heavy atom. The number of unbranched alkanes of at least 4 members (excludes halogenated alkanes) is 2. The molecule has 0 saturated heterocycles. The molecule has 0 bridgehead atoms. The molecule has 2 aromatic carbocycles. The standard InChI is InChI=1S/C22H22N4O.C5H12/c1-16-7-5-6-10-18(16)21-19-14-26(13-17-8-3-2-4-9-17)12-11-20(19)24-22(25-21)23-15-27;1-3-5-4-2/h2-10,15H,11-14H2,1H3,(H,23,24,25,27);3-5H2,1-2H3. The van der Waals surface area contributed by atoms with Crippen LogP contribution in [-0.2, 0) is 24.3 Å². The molecule has 0 spiro atoms. The Morgan fingerprint density at radius 2 is 1.72 bits per heavy atom. The van der Waals surface area contributed by atoms with Crippen LogP contribution in [0.3, 0.4) is 0 Å². The van der Waals surface area contributed by atoms with Crippen molar-refractivity contribution in [2.24, 2.45) is 0 Å². The number of anilines is 1. The largest absolute Gasteiger partial charge is 0.297 e. The van der Waals surface area contributed by atoms with Crippen LogP contribution in [0.1, 0.15) is 55.5 Å². The Kier molecular flexibility index (Phi) is 8.93. The molecule has 0 saturated carbocycles. The fourth-order valence-corrected chi connectivity index (χ4v) is 3.98. The van der Waals surface area contributed by atoms with Crippen molar-refractivity contribution in [1.29, 1.82) is 0 Å². The molecule has 2 heterocycles. The Bertz CT molecular complexity index is 1000. The van der Waals surface area contributed by atoms with Gasteiger partial charge >= 0.3 is 0 Å². The molecule has 0 unspecified atom stereocenters. The average molecular weight is 431 g/mol. The number of aryl methyl sites for hydroxylation is 1. The number of rotatable bonds is 7. The number of aromatic nitrogens is 2. The van der Waals surface area contributed by atoms with Gasteiger partial charge in [-0.3, -0.25) is 15.0 Å². The van der Waals surface area contributed by atoms with Gasteiger partial charge in [-0.25, -0.2) is 9.97 Å². The van der Waals surface area contributed by atoms with Gasteiger partial charge in [-0.15, -0.1) is 0 Å². The Morgan fingerprint density at radius 1 is 1.00 bits per heavy atom. The normalized spacial score (nSPS) is 13.0. The molecule has 5 heteroatoms. The number of benzene rings is 2. The molecule has 3 aromatic rings. The second-order valence-corrected chi connectivity index (χ2v) is 8.20. The van der Waals surface area contributed by atoms with E-state index in [1.54, 1.807) is 0 Å². The summed E-state index contributed by atoms with van der Waals surface area (Å²) in [7, 11) is 0. The summed E-state index contributed by atoms with van der Waals surface area (Å²) in [4.78, 5) is 22.6. The fraction of sp³-hybridized carbons (Fsp3) is 0.370. The number of fused-ring (bicyclic) bond motifs is 1. The minimum Gasteiger partial charge on any atom is -0.297 e. The number of amides is 1. The zero-order valence-corrected chi connectivity index (χ0v) is 19.5. The van der Waals surface area contributed by atoms with Crippen LogP contribution in [-0.4, -0.2) is 27.8 Å². The minimum absolute atomic E-state index is 0.374. The van der Waals surface area contributed by atoms with Crippen LogP contribution in [0.4, 0.5) is 5.95 Å². The van der Waals surface area contributed by atoms with Crippen LogP contribution in [0.2, 0.25) is 0 Å². The smallest absolute Gasteiger partial charge is 0.230 e. The lowest BCUT2D eigenvalue weighted by Gasteiger charge is -2.30. The van der Waals surface area contributed by atoms with Gasteiger partial charge in [0.2, 0.25) is 12.4 Å². The Hall–Kier alpha value is -3.05. The van der Waals surface area contributed by atoms with E-state index in [-0.39, 0.29) is 0 Å². The second kappa shape index (κ2) is 12.1. The molecule has 0 fully saturated rings. The van der Waals surface area contributed by atoms with Gasteiger partial charge in [-0.1, -0.05) is 87.7 Å². The molecule has 0 radical (unpaired) electrons. The van der Waals surface area contributed by atoms with E-state index in [0.29, 0.717) is 12.4 Å². The van der Waals surface area contributed by atoms with Gasteiger partial charge in [0.05, 0.1) is 11.4 Å². The molecule has 5 nitrogen and oxygen atoms in total. The fourth-order valence-electron chi connectivity index (χ4n) is 3.98. The van der Waals surface area contributed by atoms with Crippen molar-refractivity contribution in [3.8, 4) is 11.3 Å². The number of hydrogen-bond acceptors (Lipinski definition) is 4. The summed E-state index contributed by atoms with van der Waals surface area (Å²) in [6, 6.07) is 18.7. The van der Waals surface area contributed by atoms with Crippen LogP contribution in [0.5, 0.6) is 0 Å². The minimum atomic E-state index is 0.374. The molecule has 0 atom stereocenters. The van der Waals surface area contributed by atoms with E-state index in [1.807, 2.05) is 18.2 Å². The molecule has 1 aliphatic rings. The van der Waals surface area contributed by atoms with Crippen molar-refractivity contribution in [2.75, 3.05) is 11.9 Å². The van der Waals surface area contributed by atoms with Gasteiger partial charge in [0.1, 0.15) is 0 Å². The summed E-state index contributed by atoms with van der Waals surface area (Å²) in [5.41, 5.74) is 6.65. The lowest BCUT2D eigenvalue weighted by Crippen LogP contribution is -2.31. The highest BCUT2D eigenvalue weighted by molar-refractivity contribution is 5.72. The molecular formula is C27H34N4O. The summed E-state index contributed by atoms with van der Waals surface area (Å²) < 4.78 is 0. The highest BCUT2D eigenvalue weighted by Gasteiger charge is 2.24. The Balaban J connectivity index is 0.000000523. The first-order valence-electron chi connectivity index (χ1n) is 11.6. The first-order valence-corrected chi connectivity index (χ1v) is 11.6. The molecule has 0 aliphatic carbocycles. The third-order valence-corrected chi connectivity index (χ3v) is 5.68. The third kappa shape index (κ3) is 6.24. The molecule has 1 amide bonds. The van der Waals surface area contributed by atoms with Crippen LogP contribution < -0.4 is 5.32 Å². The van der Waals surface area contributed by atoms with Crippen LogP contribution >= 0.6 is 0 Å². The van der Waals surface area contributed by atoms with Gasteiger partial charge in [-0.2, -0.15) is 0 Å². The summed E-state index contributed by atoms with van der Waals surface area (Å²) in [5.74, 6) is 0.374. The SMILES string of the molecule is CCCCC.Cc1ccccc1-c1nc(NC=O)nc2c1CN(Cc1ccccc1)CC2. The first-order chi connectivity index (χ1) is 15.7. The number of hydrogen-bond donors (Lipinski definition) is 1. The zero-order chi connectivity index (χ0) is 22.8. The monoisotopic (exact) mass is 430 g/mol. The van der Waals surface area contributed by atoms with Gasteiger partial charge in [0.15, 0.2) is 0 Å². The maximum absolute atomic E-state index is 10.9. The first kappa shape index (κ1) is 23.6. The number of nitrogens with zero attached hydrogens (tertiary/aromatic N) is 3. The molecule has 1 aromatic heterocycles. The summed E-state index contributed by atoms with van der Waals surface area (Å²) in [6.45, 7) is 9.15. The van der Waals surface area contributed by atoms with E-state index in [2.05, 4.69) is 77.4 Å². The number of carbonyl (C=O) groups is 1. The lowest BCUT2D eigenvalue weighted by molar-refractivity contribution is -0.105. The highest BCUT2D eigenvalue weighted by atomic mass is 16.1. The van der Waals surface area contributed by atoms with Crippen molar-refractivity contribution in [2.45, 2.75) is 59.5 Å². The Labute approximate surface area is 191 Å². The predicted molar refractivity (Wildman–Crippen MR) is 131 cm³/mol. The highest BCUT2D eigenvalue weighted by Crippen LogP contribution is 2.31. The number of carbonyl (C=O) groups excluding carboxylic acids is 1. The summed E-state index contributed by atoms with van der Waals surface area (Å²) in [5, 5.41) is 2.62. The maximum atomic E-state index is 10.9. The molecular weight excluding hydrogens is 396 g/mol. The summed E-state index contributed by atoms with van der Waals surface area (Å²) in [6.07, 6.45) is 5.55. The summed E-state index contributed by atoms with van der Waals surface area (Å²) >= 11 is 0. The van der Waals surface area contributed by atoms with E-state index in [0.717, 1.165) is 54.1 Å². The van der Waals surface area contributed by atoms with Crippen molar-refractivity contribution in [1.82, 2.24) is 14.9 Å². The third-order valence-electron chi connectivity index (χ3n) is 5.68. The van der Waals surface area contributed by atoms with Crippen molar-refractivity contribution in [3.05, 3.63) is 77.0 Å². The van der Waals surface area contributed by atoms with Crippen LogP contribution in [0.15, 0.2) is 54.6 Å². The van der Waals surface area contributed by atoms with Crippen molar-refractivity contribution in [3.63, 3.8) is 0 Å². The molecule has 1 aliphatic heterocycles. The number of nitrogens with one attached hydrogen (secondary N) is 1. The molecule has 1 N–H and O–H groups in total. The average Bonchev–Trinajstić information content (AvgIpc) is 2.81. The van der Waals surface area contributed by atoms with Crippen LogP contribution in [0, 0.1) is 6.92 Å². The van der Waals surface area contributed by atoms with Gasteiger partial charge in [0.25, 0.3) is 0 Å². The predicted octanol–water partition coefficient (Wildman–Crippen LogP) is 5.78. The lowest BCUT2D eigenvalue weighted by atomic mass is 9.96.